The van der Waals surface area contributed by atoms with Gasteiger partial charge in [-0.05, 0) is 26.0 Å². The van der Waals surface area contributed by atoms with E-state index in [0.29, 0.717) is 6.42 Å². The summed E-state index contributed by atoms with van der Waals surface area (Å²) in [6.45, 7) is 7.59. The van der Waals surface area contributed by atoms with Crippen LogP contribution in [0.25, 0.3) is 0 Å². The fourth-order valence-electron chi connectivity index (χ4n) is 2.00. The van der Waals surface area contributed by atoms with Crippen molar-refractivity contribution in [2.45, 2.75) is 38.3 Å². The van der Waals surface area contributed by atoms with Crippen molar-refractivity contribution in [3.05, 3.63) is 48.6 Å². The molecule has 0 saturated carbocycles. The maximum atomic E-state index is 5.79. The molecule has 0 spiro atoms. The molecule has 94 valence electrons. The van der Waals surface area contributed by atoms with E-state index in [0.717, 1.165) is 5.56 Å². The van der Waals surface area contributed by atoms with Gasteiger partial charge in [-0.1, -0.05) is 36.1 Å². The Morgan fingerprint density at radius 2 is 2.00 bits per heavy atom. The second-order valence-electron chi connectivity index (χ2n) is 4.75. The highest BCUT2D eigenvalue weighted by Crippen LogP contribution is 2.30. The molecule has 0 amide bonds. The number of ether oxygens (including phenoxy) is 2. The summed E-state index contributed by atoms with van der Waals surface area (Å²) >= 11 is 0. The maximum absolute atomic E-state index is 5.79. The lowest BCUT2D eigenvalue weighted by atomic mass is 10.1. The van der Waals surface area contributed by atoms with Crippen LogP contribution in [0.15, 0.2) is 43.0 Å². The minimum absolute atomic E-state index is 0.0336. The maximum Gasteiger partial charge on any atom is 0.164 e. The highest BCUT2D eigenvalue weighted by molar-refractivity contribution is 5.33. The molecule has 18 heavy (non-hydrogen) atoms. The molecular formula is C16H18O2. The molecule has 0 aromatic heterocycles. The summed E-state index contributed by atoms with van der Waals surface area (Å²) in [7, 11) is 0. The van der Waals surface area contributed by atoms with Crippen LogP contribution in [0.1, 0.15) is 25.8 Å². The molecule has 0 unspecified atom stereocenters. The topological polar surface area (TPSA) is 18.5 Å². The van der Waals surface area contributed by atoms with E-state index in [9.17, 15) is 0 Å². The highest BCUT2D eigenvalue weighted by Gasteiger charge is 2.38. The first kappa shape index (κ1) is 12.9. The van der Waals surface area contributed by atoms with Crippen LogP contribution in [0.4, 0.5) is 0 Å². The van der Waals surface area contributed by atoms with Crippen molar-refractivity contribution < 1.29 is 9.47 Å². The van der Waals surface area contributed by atoms with E-state index >= 15 is 0 Å². The molecule has 1 heterocycles. The lowest BCUT2D eigenvalue weighted by molar-refractivity contribution is -0.142. The zero-order valence-corrected chi connectivity index (χ0v) is 10.8. The van der Waals surface area contributed by atoms with Crippen molar-refractivity contribution in [2.24, 2.45) is 0 Å². The average Bonchev–Trinajstić information content (AvgIpc) is 2.65. The van der Waals surface area contributed by atoms with E-state index in [2.05, 4.69) is 18.4 Å². The van der Waals surface area contributed by atoms with E-state index in [1.54, 1.807) is 6.08 Å². The van der Waals surface area contributed by atoms with Crippen molar-refractivity contribution in [3.8, 4) is 11.8 Å². The molecule has 1 saturated heterocycles. The van der Waals surface area contributed by atoms with E-state index in [1.165, 1.54) is 0 Å². The molecule has 1 aromatic rings. The summed E-state index contributed by atoms with van der Waals surface area (Å²) in [5, 5.41) is 0. The largest absolute Gasteiger partial charge is 0.343 e. The molecular weight excluding hydrogens is 224 g/mol. The third kappa shape index (κ3) is 3.22. The molecule has 2 atom stereocenters. The van der Waals surface area contributed by atoms with Crippen LogP contribution in [0, 0.1) is 11.8 Å². The molecule has 2 rings (SSSR count). The Morgan fingerprint density at radius 3 is 2.67 bits per heavy atom. The molecule has 2 nitrogen and oxygen atoms in total. The van der Waals surface area contributed by atoms with Gasteiger partial charge >= 0.3 is 0 Å². The van der Waals surface area contributed by atoms with Gasteiger partial charge in [0.05, 0.1) is 0 Å². The first-order chi connectivity index (χ1) is 8.61. The van der Waals surface area contributed by atoms with Crippen LogP contribution in [-0.4, -0.2) is 18.0 Å². The Hall–Kier alpha value is -1.56. The van der Waals surface area contributed by atoms with E-state index < -0.39 is 5.79 Å². The van der Waals surface area contributed by atoms with Gasteiger partial charge in [-0.15, -0.1) is 6.58 Å². The van der Waals surface area contributed by atoms with Gasteiger partial charge in [-0.2, -0.15) is 0 Å². The van der Waals surface area contributed by atoms with Gasteiger partial charge in [0.25, 0.3) is 0 Å². The number of hydrogen-bond acceptors (Lipinski definition) is 2. The Labute approximate surface area is 109 Å². The molecule has 0 radical (unpaired) electrons. The zero-order valence-electron chi connectivity index (χ0n) is 10.8. The SMILES string of the molecule is C=C[C@@H]1OC(C)(C)O[C@H]1CC#Cc1ccccc1. The molecule has 1 fully saturated rings. The van der Waals surface area contributed by atoms with Crippen molar-refractivity contribution >= 4 is 0 Å². The summed E-state index contributed by atoms with van der Waals surface area (Å²) in [6, 6.07) is 9.93. The van der Waals surface area contributed by atoms with Crippen LogP contribution in [-0.2, 0) is 9.47 Å². The standard InChI is InChI=1S/C16H18O2/c1-4-14-15(18-16(2,3)17-14)12-8-11-13-9-6-5-7-10-13/h4-7,9-10,14-15H,1,12H2,2-3H3/t14-,15-/m0/s1. The van der Waals surface area contributed by atoms with Gasteiger partial charge in [0.1, 0.15) is 12.2 Å². The number of benzene rings is 1. The normalized spacial score (nSPS) is 25.2. The van der Waals surface area contributed by atoms with Crippen molar-refractivity contribution in [1.82, 2.24) is 0 Å². The number of hydrogen-bond donors (Lipinski definition) is 0. The van der Waals surface area contributed by atoms with Crippen LogP contribution in [0.5, 0.6) is 0 Å². The monoisotopic (exact) mass is 242 g/mol. The molecule has 0 aliphatic carbocycles. The molecule has 2 heteroatoms. The third-order valence-electron chi connectivity index (χ3n) is 2.76. The van der Waals surface area contributed by atoms with Gasteiger partial charge in [-0.3, -0.25) is 0 Å². The van der Waals surface area contributed by atoms with Crippen LogP contribution in [0.2, 0.25) is 0 Å². The highest BCUT2D eigenvalue weighted by atomic mass is 16.7. The number of rotatable bonds is 2. The van der Waals surface area contributed by atoms with E-state index in [-0.39, 0.29) is 12.2 Å². The molecule has 1 aliphatic rings. The predicted molar refractivity (Wildman–Crippen MR) is 72.0 cm³/mol. The Balaban J connectivity index is 1.98. The second-order valence-corrected chi connectivity index (χ2v) is 4.75. The van der Waals surface area contributed by atoms with Crippen molar-refractivity contribution in [2.75, 3.05) is 0 Å². The lowest BCUT2D eigenvalue weighted by Gasteiger charge is -2.15. The van der Waals surface area contributed by atoms with Crippen LogP contribution >= 0.6 is 0 Å². The lowest BCUT2D eigenvalue weighted by Crippen LogP contribution is -2.21. The average molecular weight is 242 g/mol. The third-order valence-corrected chi connectivity index (χ3v) is 2.76. The van der Waals surface area contributed by atoms with E-state index in [4.69, 9.17) is 9.47 Å². The smallest absolute Gasteiger partial charge is 0.164 e. The Kier molecular flexibility index (Phi) is 3.86. The van der Waals surface area contributed by atoms with Gasteiger partial charge in [0.2, 0.25) is 0 Å². The van der Waals surface area contributed by atoms with Gasteiger partial charge in [0, 0.05) is 12.0 Å². The summed E-state index contributed by atoms with van der Waals surface area (Å²) in [5.41, 5.74) is 1.02. The molecule has 0 N–H and O–H groups in total. The minimum Gasteiger partial charge on any atom is -0.343 e. The van der Waals surface area contributed by atoms with Crippen LogP contribution < -0.4 is 0 Å². The van der Waals surface area contributed by atoms with Gasteiger partial charge in [-0.25, -0.2) is 0 Å². The van der Waals surface area contributed by atoms with Gasteiger partial charge in [0.15, 0.2) is 5.79 Å². The molecule has 1 aromatic carbocycles. The zero-order chi connectivity index (χ0) is 13.0. The quantitative estimate of drug-likeness (QED) is 0.586. The first-order valence-electron chi connectivity index (χ1n) is 6.13. The summed E-state index contributed by atoms with van der Waals surface area (Å²) < 4.78 is 11.5. The summed E-state index contributed by atoms with van der Waals surface area (Å²) in [5.74, 6) is 5.72. The fraction of sp³-hybridized carbons (Fsp3) is 0.375. The van der Waals surface area contributed by atoms with Crippen molar-refractivity contribution in [1.29, 1.82) is 0 Å². The Morgan fingerprint density at radius 1 is 1.28 bits per heavy atom. The minimum atomic E-state index is -0.544. The molecule has 1 aliphatic heterocycles. The van der Waals surface area contributed by atoms with Crippen LogP contribution in [0.3, 0.4) is 0 Å². The summed E-state index contributed by atoms with van der Waals surface area (Å²) in [6.07, 6.45) is 2.32. The fourth-order valence-corrected chi connectivity index (χ4v) is 2.00. The van der Waals surface area contributed by atoms with Gasteiger partial charge < -0.3 is 9.47 Å². The van der Waals surface area contributed by atoms with Crippen molar-refractivity contribution in [3.63, 3.8) is 0 Å². The first-order valence-corrected chi connectivity index (χ1v) is 6.13. The summed E-state index contributed by atoms with van der Waals surface area (Å²) in [4.78, 5) is 0. The predicted octanol–water partition coefficient (Wildman–Crippen LogP) is 3.13. The van der Waals surface area contributed by atoms with E-state index in [1.807, 2.05) is 44.2 Å². The Bertz CT molecular complexity index is 465. The molecule has 0 bridgehead atoms. The second kappa shape index (κ2) is 5.39.